The lowest BCUT2D eigenvalue weighted by molar-refractivity contribution is 0.441. The van der Waals surface area contributed by atoms with Crippen molar-refractivity contribution in [1.82, 2.24) is 9.97 Å². The number of aromatic hydroxyl groups is 1. The Morgan fingerprint density at radius 2 is 2.16 bits per heavy atom. The molecular formula is C13H13BrN2O2S. The molecule has 1 heterocycles. The van der Waals surface area contributed by atoms with Crippen LogP contribution in [-0.4, -0.2) is 15.1 Å². The third kappa shape index (κ3) is 3.39. The number of hydrogen-bond acceptors (Lipinski definition) is 4. The van der Waals surface area contributed by atoms with Crippen molar-refractivity contribution in [1.29, 1.82) is 0 Å². The molecule has 100 valence electrons. The van der Waals surface area contributed by atoms with Crippen LogP contribution in [-0.2, 0) is 12.2 Å². The fourth-order valence-corrected chi connectivity index (χ4v) is 3.06. The maximum absolute atomic E-state index is 11.7. The van der Waals surface area contributed by atoms with Crippen LogP contribution >= 0.6 is 27.7 Å². The minimum absolute atomic E-state index is 0.172. The summed E-state index contributed by atoms with van der Waals surface area (Å²) >= 11 is 5.00. The van der Waals surface area contributed by atoms with E-state index in [-0.39, 0.29) is 11.4 Å². The van der Waals surface area contributed by atoms with Gasteiger partial charge in [0.2, 0.25) is 5.88 Å². The Hall–Kier alpha value is -1.27. The summed E-state index contributed by atoms with van der Waals surface area (Å²) in [6, 6.07) is 7.82. The topological polar surface area (TPSA) is 66.0 Å². The predicted octanol–water partition coefficient (Wildman–Crippen LogP) is 3.09. The van der Waals surface area contributed by atoms with Gasteiger partial charge in [0.05, 0.1) is 11.3 Å². The number of benzene rings is 1. The van der Waals surface area contributed by atoms with E-state index in [0.717, 1.165) is 9.37 Å². The Balaban J connectivity index is 2.17. The first-order valence-electron chi connectivity index (χ1n) is 5.80. The van der Waals surface area contributed by atoms with Crippen molar-refractivity contribution in [2.75, 3.05) is 0 Å². The third-order valence-electron chi connectivity index (χ3n) is 2.60. The molecule has 0 bridgehead atoms. The van der Waals surface area contributed by atoms with Gasteiger partial charge in [-0.25, -0.2) is 0 Å². The molecule has 0 aliphatic carbocycles. The van der Waals surface area contributed by atoms with Crippen LogP contribution in [0.15, 0.2) is 38.4 Å². The van der Waals surface area contributed by atoms with Crippen molar-refractivity contribution in [3.63, 3.8) is 0 Å². The zero-order chi connectivity index (χ0) is 13.8. The molecule has 1 aromatic carbocycles. The summed E-state index contributed by atoms with van der Waals surface area (Å²) in [5.41, 5.74) is 0.0624. The molecular weight excluding hydrogens is 328 g/mol. The Bertz CT molecular complexity index is 643. The van der Waals surface area contributed by atoms with Gasteiger partial charge in [0.25, 0.3) is 5.56 Å². The first kappa shape index (κ1) is 14.1. The average molecular weight is 341 g/mol. The number of rotatable bonds is 4. The van der Waals surface area contributed by atoms with E-state index in [4.69, 9.17) is 0 Å². The van der Waals surface area contributed by atoms with Crippen LogP contribution < -0.4 is 5.56 Å². The van der Waals surface area contributed by atoms with E-state index in [0.29, 0.717) is 23.6 Å². The van der Waals surface area contributed by atoms with Crippen molar-refractivity contribution in [2.24, 2.45) is 0 Å². The monoisotopic (exact) mass is 340 g/mol. The minimum atomic E-state index is -0.266. The van der Waals surface area contributed by atoms with E-state index in [1.807, 2.05) is 31.2 Å². The van der Waals surface area contributed by atoms with Crippen molar-refractivity contribution in [3.05, 3.63) is 50.5 Å². The van der Waals surface area contributed by atoms with Gasteiger partial charge in [0.15, 0.2) is 0 Å². The summed E-state index contributed by atoms with van der Waals surface area (Å²) in [5.74, 6) is 0.796. The summed E-state index contributed by atoms with van der Waals surface area (Å²) in [5, 5.41) is 9.67. The van der Waals surface area contributed by atoms with E-state index in [1.54, 1.807) is 11.8 Å². The van der Waals surface area contributed by atoms with Gasteiger partial charge in [0, 0.05) is 9.37 Å². The standard InChI is InChI=1S/C13H13BrN2O2S/c1-2-8-12(17)15-11(16-13(8)18)7-19-10-6-4-3-5-9(10)14/h3-6H,2,7H2,1H3,(H2,15,16,17,18). The molecule has 0 atom stereocenters. The highest BCUT2D eigenvalue weighted by atomic mass is 79.9. The number of hydrogen-bond donors (Lipinski definition) is 2. The summed E-state index contributed by atoms with van der Waals surface area (Å²) in [6.45, 7) is 1.81. The number of thioether (sulfide) groups is 1. The first-order valence-corrected chi connectivity index (χ1v) is 7.58. The molecule has 2 rings (SSSR count). The lowest BCUT2D eigenvalue weighted by Gasteiger charge is -2.05. The molecule has 4 nitrogen and oxygen atoms in total. The highest BCUT2D eigenvalue weighted by molar-refractivity contribution is 9.10. The second-order valence-corrected chi connectivity index (χ2v) is 5.76. The molecule has 0 aliphatic heterocycles. The summed E-state index contributed by atoms with van der Waals surface area (Å²) in [7, 11) is 0. The smallest absolute Gasteiger partial charge is 0.257 e. The van der Waals surface area contributed by atoms with Gasteiger partial charge < -0.3 is 10.1 Å². The van der Waals surface area contributed by atoms with Crippen LogP contribution in [0.3, 0.4) is 0 Å². The van der Waals surface area contributed by atoms with Gasteiger partial charge in [-0.15, -0.1) is 11.8 Å². The van der Waals surface area contributed by atoms with Crippen molar-refractivity contribution < 1.29 is 5.11 Å². The molecule has 0 saturated heterocycles. The van der Waals surface area contributed by atoms with Gasteiger partial charge in [0.1, 0.15) is 5.82 Å². The van der Waals surface area contributed by atoms with Crippen LogP contribution in [0.1, 0.15) is 18.3 Å². The number of aromatic amines is 1. The van der Waals surface area contributed by atoms with E-state index >= 15 is 0 Å². The van der Waals surface area contributed by atoms with Crippen molar-refractivity contribution >= 4 is 27.7 Å². The molecule has 6 heteroatoms. The van der Waals surface area contributed by atoms with Gasteiger partial charge in [-0.3, -0.25) is 4.79 Å². The summed E-state index contributed by atoms with van der Waals surface area (Å²) in [6.07, 6.45) is 0.464. The molecule has 0 unspecified atom stereocenters. The molecule has 0 aliphatic rings. The fourth-order valence-electron chi connectivity index (χ4n) is 1.63. The Morgan fingerprint density at radius 3 is 2.79 bits per heavy atom. The van der Waals surface area contributed by atoms with E-state index < -0.39 is 0 Å². The van der Waals surface area contributed by atoms with E-state index in [1.165, 1.54) is 0 Å². The normalized spacial score (nSPS) is 10.6. The molecule has 0 amide bonds. The third-order valence-corrected chi connectivity index (χ3v) is 4.64. The molecule has 2 N–H and O–H groups in total. The van der Waals surface area contributed by atoms with Crippen LogP contribution in [0.25, 0.3) is 0 Å². The maximum atomic E-state index is 11.7. The molecule has 1 aromatic heterocycles. The zero-order valence-corrected chi connectivity index (χ0v) is 12.7. The number of nitrogens with one attached hydrogen (secondary N) is 1. The van der Waals surface area contributed by atoms with Gasteiger partial charge in [-0.05, 0) is 34.5 Å². The van der Waals surface area contributed by atoms with Gasteiger partial charge >= 0.3 is 0 Å². The molecule has 0 fully saturated rings. The van der Waals surface area contributed by atoms with E-state index in [2.05, 4.69) is 25.9 Å². The molecule has 0 spiro atoms. The average Bonchev–Trinajstić information content (AvgIpc) is 2.37. The maximum Gasteiger partial charge on any atom is 0.257 e. The zero-order valence-electron chi connectivity index (χ0n) is 10.3. The number of halogens is 1. The highest BCUT2D eigenvalue weighted by Crippen LogP contribution is 2.29. The summed E-state index contributed by atoms with van der Waals surface area (Å²) < 4.78 is 0.997. The lowest BCUT2D eigenvalue weighted by atomic mass is 10.2. The lowest BCUT2D eigenvalue weighted by Crippen LogP contribution is -2.15. The largest absolute Gasteiger partial charge is 0.493 e. The Morgan fingerprint density at radius 1 is 1.42 bits per heavy atom. The van der Waals surface area contributed by atoms with Gasteiger partial charge in [-0.2, -0.15) is 4.98 Å². The molecule has 0 radical (unpaired) electrons. The Labute approximate surface area is 123 Å². The van der Waals surface area contributed by atoms with Crippen LogP contribution in [0.5, 0.6) is 5.88 Å². The van der Waals surface area contributed by atoms with Gasteiger partial charge in [-0.1, -0.05) is 19.1 Å². The summed E-state index contributed by atoms with van der Waals surface area (Å²) in [4.78, 5) is 19.5. The van der Waals surface area contributed by atoms with E-state index in [9.17, 15) is 9.90 Å². The van der Waals surface area contributed by atoms with Crippen LogP contribution in [0.4, 0.5) is 0 Å². The number of aromatic nitrogens is 2. The van der Waals surface area contributed by atoms with Crippen molar-refractivity contribution in [2.45, 2.75) is 24.0 Å². The molecule has 0 saturated carbocycles. The van der Waals surface area contributed by atoms with Crippen LogP contribution in [0.2, 0.25) is 0 Å². The fraction of sp³-hybridized carbons (Fsp3) is 0.231. The Kier molecular flexibility index (Phi) is 4.66. The molecule has 19 heavy (non-hydrogen) atoms. The quantitative estimate of drug-likeness (QED) is 0.839. The minimum Gasteiger partial charge on any atom is -0.493 e. The highest BCUT2D eigenvalue weighted by Gasteiger charge is 2.09. The first-order chi connectivity index (χ1) is 9.11. The molecule has 2 aromatic rings. The van der Waals surface area contributed by atoms with Crippen LogP contribution in [0, 0.1) is 0 Å². The second kappa shape index (κ2) is 6.25. The second-order valence-electron chi connectivity index (χ2n) is 3.89. The number of H-pyrrole nitrogens is 1. The van der Waals surface area contributed by atoms with Crippen molar-refractivity contribution in [3.8, 4) is 5.88 Å². The predicted molar refractivity (Wildman–Crippen MR) is 79.6 cm³/mol. The number of nitrogens with zero attached hydrogens (tertiary/aromatic N) is 1. The SMILES string of the molecule is CCc1c(O)nc(CSc2ccccc2Br)[nH]c1=O.